The summed E-state index contributed by atoms with van der Waals surface area (Å²) < 4.78 is 5.36. The van der Waals surface area contributed by atoms with Gasteiger partial charge in [-0.05, 0) is 29.7 Å². The van der Waals surface area contributed by atoms with Gasteiger partial charge in [0.1, 0.15) is 6.61 Å². The number of hydrogen-bond acceptors (Lipinski definition) is 3. The summed E-state index contributed by atoms with van der Waals surface area (Å²) in [6.07, 6.45) is -0.101. The number of carboxylic acids is 1. The molecule has 2 rings (SSSR count). The van der Waals surface area contributed by atoms with Gasteiger partial charge in [-0.15, -0.1) is 0 Å². The van der Waals surface area contributed by atoms with Gasteiger partial charge < -0.3 is 14.7 Å². The second-order valence-corrected chi connectivity index (χ2v) is 6.02. The number of aliphatic carboxylic acids is 1. The largest absolute Gasteiger partial charge is 0.481 e. The second-order valence-electron chi connectivity index (χ2n) is 5.59. The number of benzene rings is 2. The molecule has 0 aromatic heterocycles. The van der Waals surface area contributed by atoms with Crippen molar-refractivity contribution in [3.05, 3.63) is 70.7 Å². The zero-order valence-electron chi connectivity index (χ0n) is 13.7. The van der Waals surface area contributed by atoms with Crippen molar-refractivity contribution in [2.45, 2.75) is 26.0 Å². The van der Waals surface area contributed by atoms with Crippen molar-refractivity contribution in [1.82, 2.24) is 4.90 Å². The Morgan fingerprint density at radius 3 is 2.32 bits per heavy atom. The van der Waals surface area contributed by atoms with E-state index in [1.54, 1.807) is 12.1 Å². The molecule has 0 heterocycles. The lowest BCUT2D eigenvalue weighted by molar-refractivity contribution is -0.137. The molecule has 5 nitrogen and oxygen atoms in total. The van der Waals surface area contributed by atoms with Gasteiger partial charge in [-0.25, -0.2) is 4.79 Å². The molecule has 0 bridgehead atoms. The fourth-order valence-electron chi connectivity index (χ4n) is 2.28. The molecule has 0 fully saturated rings. The van der Waals surface area contributed by atoms with Crippen LogP contribution in [0.25, 0.3) is 0 Å². The highest BCUT2D eigenvalue weighted by Gasteiger charge is 2.16. The molecule has 6 heteroatoms. The molecule has 0 spiro atoms. The van der Waals surface area contributed by atoms with Crippen molar-refractivity contribution in [3.63, 3.8) is 0 Å². The lowest BCUT2D eigenvalue weighted by Crippen LogP contribution is -2.32. The lowest BCUT2D eigenvalue weighted by Gasteiger charge is -2.22. The number of carbonyl (C=O) groups is 2. The number of hydrogen-bond donors (Lipinski definition) is 1. The van der Waals surface area contributed by atoms with E-state index in [9.17, 15) is 9.59 Å². The van der Waals surface area contributed by atoms with Crippen LogP contribution in [0.5, 0.6) is 0 Å². The van der Waals surface area contributed by atoms with Crippen LogP contribution in [0.4, 0.5) is 4.79 Å². The van der Waals surface area contributed by atoms with Crippen LogP contribution in [0.3, 0.4) is 0 Å². The molecule has 0 aliphatic rings. The molecule has 0 unspecified atom stereocenters. The van der Waals surface area contributed by atoms with Crippen LogP contribution < -0.4 is 0 Å². The van der Waals surface area contributed by atoms with Gasteiger partial charge in [0.15, 0.2) is 0 Å². The fourth-order valence-corrected chi connectivity index (χ4v) is 2.40. The molecule has 0 aliphatic heterocycles. The molecule has 25 heavy (non-hydrogen) atoms. The maximum atomic E-state index is 12.4. The monoisotopic (exact) mass is 361 g/mol. The minimum Gasteiger partial charge on any atom is -0.481 e. The Morgan fingerprint density at radius 1 is 1.00 bits per heavy atom. The summed E-state index contributed by atoms with van der Waals surface area (Å²) in [5.41, 5.74) is 1.80. The van der Waals surface area contributed by atoms with E-state index in [-0.39, 0.29) is 13.0 Å². The maximum Gasteiger partial charge on any atom is 0.410 e. The topological polar surface area (TPSA) is 66.8 Å². The predicted molar refractivity (Wildman–Crippen MR) is 95.4 cm³/mol. The van der Waals surface area contributed by atoms with Gasteiger partial charge in [0, 0.05) is 24.5 Å². The fraction of sp³-hybridized carbons (Fsp3) is 0.263. The van der Waals surface area contributed by atoms with E-state index >= 15 is 0 Å². The smallest absolute Gasteiger partial charge is 0.410 e. The Labute approximate surface area is 151 Å². The second kappa shape index (κ2) is 9.69. The van der Waals surface area contributed by atoms with E-state index in [2.05, 4.69) is 0 Å². The summed E-state index contributed by atoms with van der Waals surface area (Å²) in [7, 11) is 0. The highest BCUT2D eigenvalue weighted by atomic mass is 35.5. The first-order chi connectivity index (χ1) is 12.0. The van der Waals surface area contributed by atoms with Gasteiger partial charge in [-0.1, -0.05) is 54.1 Å². The van der Waals surface area contributed by atoms with Gasteiger partial charge in [0.05, 0.1) is 0 Å². The maximum absolute atomic E-state index is 12.4. The van der Waals surface area contributed by atoms with Crippen molar-refractivity contribution < 1.29 is 19.4 Å². The van der Waals surface area contributed by atoms with Gasteiger partial charge in [0.2, 0.25) is 0 Å². The van der Waals surface area contributed by atoms with Crippen LogP contribution in [0.15, 0.2) is 54.6 Å². The van der Waals surface area contributed by atoms with E-state index < -0.39 is 12.1 Å². The summed E-state index contributed by atoms with van der Waals surface area (Å²) in [4.78, 5) is 24.6. The Morgan fingerprint density at radius 2 is 1.68 bits per heavy atom. The first-order valence-electron chi connectivity index (χ1n) is 7.96. The SMILES string of the molecule is O=C(O)CCCN(Cc1ccc(Cl)cc1)C(=O)OCc1ccccc1. The summed E-state index contributed by atoms with van der Waals surface area (Å²) in [5, 5.41) is 9.41. The summed E-state index contributed by atoms with van der Waals surface area (Å²) >= 11 is 5.88. The number of amides is 1. The Hall–Kier alpha value is -2.53. The highest BCUT2D eigenvalue weighted by Crippen LogP contribution is 2.13. The van der Waals surface area contributed by atoms with Gasteiger partial charge >= 0.3 is 12.1 Å². The Kier molecular flexibility index (Phi) is 7.29. The van der Waals surface area contributed by atoms with Crippen LogP contribution in [0, 0.1) is 0 Å². The Bertz CT molecular complexity index is 688. The molecule has 0 radical (unpaired) electrons. The van der Waals surface area contributed by atoms with Crippen LogP contribution >= 0.6 is 11.6 Å². The van der Waals surface area contributed by atoms with Gasteiger partial charge in [0.25, 0.3) is 0 Å². The van der Waals surface area contributed by atoms with Gasteiger partial charge in [-0.2, -0.15) is 0 Å². The molecular formula is C19H20ClNO4. The number of carbonyl (C=O) groups excluding carboxylic acids is 1. The standard InChI is InChI=1S/C19H20ClNO4/c20-17-10-8-15(9-11-17)13-21(12-4-7-18(22)23)19(24)25-14-16-5-2-1-3-6-16/h1-3,5-6,8-11H,4,7,12-14H2,(H,22,23). The third-order valence-electron chi connectivity index (χ3n) is 3.57. The quantitative estimate of drug-likeness (QED) is 0.759. The van der Waals surface area contributed by atoms with E-state index in [0.717, 1.165) is 11.1 Å². The molecule has 2 aromatic carbocycles. The normalized spacial score (nSPS) is 10.3. The van der Waals surface area contributed by atoms with Gasteiger partial charge in [-0.3, -0.25) is 4.79 Å². The molecule has 1 N–H and O–H groups in total. The van der Waals surface area contributed by atoms with Crippen LogP contribution in [-0.4, -0.2) is 28.6 Å². The van der Waals surface area contributed by atoms with Crippen LogP contribution in [0.2, 0.25) is 5.02 Å². The first kappa shape index (κ1) is 18.8. The number of halogens is 1. The van der Waals surface area contributed by atoms with Crippen molar-refractivity contribution >= 4 is 23.7 Å². The molecule has 1 amide bonds. The highest BCUT2D eigenvalue weighted by molar-refractivity contribution is 6.30. The summed E-state index contributed by atoms with van der Waals surface area (Å²) in [6, 6.07) is 16.6. The predicted octanol–water partition coefficient (Wildman–Crippen LogP) is 4.34. The van der Waals surface area contributed by atoms with E-state index in [4.69, 9.17) is 21.4 Å². The van der Waals surface area contributed by atoms with E-state index in [0.29, 0.717) is 24.5 Å². The van der Waals surface area contributed by atoms with Crippen molar-refractivity contribution in [1.29, 1.82) is 0 Å². The van der Waals surface area contributed by atoms with Crippen LogP contribution in [-0.2, 0) is 22.7 Å². The number of nitrogens with zero attached hydrogens (tertiary/aromatic N) is 1. The average Bonchev–Trinajstić information content (AvgIpc) is 2.61. The number of carboxylic acid groups (broad SMARTS) is 1. The molecule has 2 aromatic rings. The van der Waals surface area contributed by atoms with Crippen molar-refractivity contribution in [2.75, 3.05) is 6.54 Å². The van der Waals surface area contributed by atoms with E-state index in [1.807, 2.05) is 42.5 Å². The summed E-state index contributed by atoms with van der Waals surface area (Å²) in [6.45, 7) is 0.822. The molecule has 132 valence electrons. The zero-order chi connectivity index (χ0) is 18.1. The molecule has 0 saturated carbocycles. The molecule has 0 aliphatic carbocycles. The first-order valence-corrected chi connectivity index (χ1v) is 8.34. The number of rotatable bonds is 8. The third-order valence-corrected chi connectivity index (χ3v) is 3.82. The van der Waals surface area contributed by atoms with Crippen molar-refractivity contribution in [2.24, 2.45) is 0 Å². The molecule has 0 atom stereocenters. The number of ether oxygens (including phenoxy) is 1. The average molecular weight is 362 g/mol. The van der Waals surface area contributed by atoms with Crippen molar-refractivity contribution in [3.8, 4) is 0 Å². The zero-order valence-corrected chi connectivity index (χ0v) is 14.5. The van der Waals surface area contributed by atoms with Crippen LogP contribution in [0.1, 0.15) is 24.0 Å². The minimum absolute atomic E-state index is 0.00306. The minimum atomic E-state index is -0.885. The molecular weight excluding hydrogens is 342 g/mol. The third kappa shape index (κ3) is 6.85. The lowest BCUT2D eigenvalue weighted by atomic mass is 10.2. The Balaban J connectivity index is 1.97. The van der Waals surface area contributed by atoms with E-state index in [1.165, 1.54) is 4.90 Å². The summed E-state index contributed by atoms with van der Waals surface area (Å²) in [5.74, 6) is -0.885. The molecule has 0 saturated heterocycles.